The van der Waals surface area contributed by atoms with Gasteiger partial charge in [0.2, 0.25) is 0 Å². The summed E-state index contributed by atoms with van der Waals surface area (Å²) in [4.78, 5) is 12.2. The fourth-order valence-corrected chi connectivity index (χ4v) is 3.71. The van der Waals surface area contributed by atoms with Gasteiger partial charge in [0.1, 0.15) is 11.5 Å². The molecule has 0 atom stereocenters. The van der Waals surface area contributed by atoms with Gasteiger partial charge in [0.05, 0.1) is 4.90 Å². The number of rotatable bonds is 7. The number of ether oxygens (including phenoxy) is 1. The third-order valence-corrected chi connectivity index (χ3v) is 5.78. The summed E-state index contributed by atoms with van der Waals surface area (Å²) in [5.74, 6) is 0.830. The molecule has 0 aliphatic rings. The fourth-order valence-electron chi connectivity index (χ4n) is 2.73. The maximum atomic E-state index is 12.4. The van der Waals surface area contributed by atoms with Crippen LogP contribution < -0.4 is 14.8 Å². The van der Waals surface area contributed by atoms with Crippen LogP contribution in [0.4, 0.5) is 11.5 Å². The lowest BCUT2D eigenvalue weighted by atomic mass is 9.87. The van der Waals surface area contributed by atoms with Crippen LogP contribution in [0, 0.1) is 6.92 Å². The Morgan fingerprint density at radius 1 is 1.06 bits per heavy atom. The smallest absolute Gasteiger partial charge is 0.263 e. The van der Waals surface area contributed by atoms with E-state index in [-0.39, 0.29) is 28.6 Å². The van der Waals surface area contributed by atoms with Gasteiger partial charge in [0.15, 0.2) is 12.4 Å². The van der Waals surface area contributed by atoms with Gasteiger partial charge in [-0.15, -0.1) is 0 Å². The number of sulfonamides is 1. The first-order valence-electron chi connectivity index (χ1n) is 9.62. The van der Waals surface area contributed by atoms with Crippen LogP contribution in [-0.2, 0) is 20.2 Å². The number of hydrogen-bond donors (Lipinski definition) is 2. The second kappa shape index (κ2) is 8.81. The zero-order chi connectivity index (χ0) is 22.6. The number of hydrogen-bond acceptors (Lipinski definition) is 6. The minimum absolute atomic E-state index is 0.0290. The van der Waals surface area contributed by atoms with Crippen LogP contribution in [-0.4, -0.2) is 26.1 Å². The molecule has 1 heterocycles. The molecule has 9 heteroatoms. The maximum Gasteiger partial charge on any atom is 0.263 e. The van der Waals surface area contributed by atoms with Gasteiger partial charge in [-0.05, 0) is 54.3 Å². The number of nitrogens with zero attached hydrogens (tertiary/aromatic N) is 1. The number of benzene rings is 2. The van der Waals surface area contributed by atoms with Crippen LogP contribution >= 0.6 is 0 Å². The van der Waals surface area contributed by atoms with Gasteiger partial charge >= 0.3 is 0 Å². The van der Waals surface area contributed by atoms with Crippen LogP contribution in [0.3, 0.4) is 0 Å². The van der Waals surface area contributed by atoms with Gasteiger partial charge < -0.3 is 14.6 Å². The monoisotopic (exact) mass is 443 g/mol. The zero-order valence-electron chi connectivity index (χ0n) is 17.8. The first-order chi connectivity index (χ1) is 14.5. The van der Waals surface area contributed by atoms with E-state index in [2.05, 4.69) is 36.0 Å². The highest BCUT2D eigenvalue weighted by molar-refractivity contribution is 7.92. The van der Waals surface area contributed by atoms with E-state index in [1.165, 1.54) is 35.9 Å². The van der Waals surface area contributed by atoms with Crippen molar-refractivity contribution in [3.63, 3.8) is 0 Å². The van der Waals surface area contributed by atoms with Crippen LogP contribution in [0.2, 0.25) is 0 Å². The average Bonchev–Trinajstić information content (AvgIpc) is 3.10. The highest BCUT2D eigenvalue weighted by Gasteiger charge is 2.17. The molecule has 2 aromatic carbocycles. The normalized spacial score (nSPS) is 11.7. The Kier molecular flexibility index (Phi) is 6.35. The highest BCUT2D eigenvalue weighted by Crippen LogP contribution is 2.24. The number of amides is 1. The molecule has 1 amide bonds. The summed E-state index contributed by atoms with van der Waals surface area (Å²) < 4.78 is 37.5. The number of carbonyl (C=O) groups is 1. The van der Waals surface area contributed by atoms with Gasteiger partial charge in [0, 0.05) is 11.8 Å². The lowest BCUT2D eigenvalue weighted by Crippen LogP contribution is -2.20. The summed E-state index contributed by atoms with van der Waals surface area (Å²) in [5, 5.41) is 6.28. The predicted octanol–water partition coefficient (Wildman–Crippen LogP) is 4.10. The molecule has 31 heavy (non-hydrogen) atoms. The molecule has 0 aliphatic heterocycles. The second-order valence-electron chi connectivity index (χ2n) is 8.06. The van der Waals surface area contributed by atoms with Gasteiger partial charge in [-0.1, -0.05) is 38.1 Å². The average molecular weight is 444 g/mol. The Labute approximate surface area is 181 Å². The van der Waals surface area contributed by atoms with Crippen molar-refractivity contribution in [2.75, 3.05) is 16.6 Å². The molecule has 0 bridgehead atoms. The van der Waals surface area contributed by atoms with Crippen molar-refractivity contribution in [1.82, 2.24) is 5.16 Å². The molecule has 2 N–H and O–H groups in total. The lowest BCUT2D eigenvalue weighted by molar-refractivity contribution is -0.118. The van der Waals surface area contributed by atoms with E-state index < -0.39 is 10.0 Å². The fraction of sp³-hybridized carbons (Fsp3) is 0.273. The van der Waals surface area contributed by atoms with Gasteiger partial charge in [-0.25, -0.2) is 8.42 Å². The first kappa shape index (κ1) is 22.4. The van der Waals surface area contributed by atoms with Gasteiger partial charge in [-0.2, -0.15) is 0 Å². The van der Waals surface area contributed by atoms with Crippen LogP contribution in [0.1, 0.15) is 32.1 Å². The van der Waals surface area contributed by atoms with Crippen LogP contribution in [0.15, 0.2) is 64.0 Å². The Hall–Kier alpha value is -3.33. The van der Waals surface area contributed by atoms with E-state index in [0.29, 0.717) is 17.2 Å². The van der Waals surface area contributed by atoms with E-state index in [0.717, 1.165) is 0 Å². The minimum atomic E-state index is -3.82. The molecular weight excluding hydrogens is 418 g/mol. The number of anilines is 2. The van der Waals surface area contributed by atoms with Crippen LogP contribution in [0.25, 0.3) is 0 Å². The predicted molar refractivity (Wildman–Crippen MR) is 118 cm³/mol. The Bertz CT molecular complexity index is 1150. The molecule has 0 fully saturated rings. The van der Waals surface area contributed by atoms with E-state index >= 15 is 0 Å². The van der Waals surface area contributed by atoms with E-state index in [1.807, 2.05) is 24.3 Å². The van der Waals surface area contributed by atoms with Crippen molar-refractivity contribution in [2.24, 2.45) is 0 Å². The summed E-state index contributed by atoms with van der Waals surface area (Å²) in [5.41, 5.74) is 1.67. The lowest BCUT2D eigenvalue weighted by Gasteiger charge is -2.19. The Morgan fingerprint density at radius 3 is 2.26 bits per heavy atom. The molecule has 3 aromatic rings. The summed E-state index contributed by atoms with van der Waals surface area (Å²) in [6.07, 6.45) is 0. The van der Waals surface area contributed by atoms with E-state index in [9.17, 15) is 13.2 Å². The number of nitrogens with one attached hydrogen (secondary N) is 2. The van der Waals surface area contributed by atoms with Crippen molar-refractivity contribution in [3.8, 4) is 5.75 Å². The first-order valence-corrected chi connectivity index (χ1v) is 11.1. The molecule has 0 aliphatic carbocycles. The molecular formula is C22H25N3O5S. The van der Waals surface area contributed by atoms with E-state index in [4.69, 9.17) is 9.26 Å². The van der Waals surface area contributed by atoms with Crippen LogP contribution in [0.5, 0.6) is 5.75 Å². The number of aryl methyl sites for hydroxylation is 1. The Morgan fingerprint density at radius 2 is 1.71 bits per heavy atom. The van der Waals surface area contributed by atoms with E-state index in [1.54, 1.807) is 6.92 Å². The molecule has 8 nitrogen and oxygen atoms in total. The summed E-state index contributed by atoms with van der Waals surface area (Å²) >= 11 is 0. The quantitative estimate of drug-likeness (QED) is 0.569. The second-order valence-corrected chi connectivity index (χ2v) is 9.75. The molecule has 0 saturated carbocycles. The number of aromatic nitrogens is 1. The highest BCUT2D eigenvalue weighted by atomic mass is 32.2. The molecule has 3 rings (SSSR count). The largest absolute Gasteiger partial charge is 0.484 e. The molecule has 1 aromatic heterocycles. The molecule has 164 valence electrons. The number of carbonyl (C=O) groups excluding carboxylic acids is 1. The third kappa shape index (κ3) is 6.08. The SMILES string of the molecule is Cc1cc(NS(=O)(=O)c2ccc(NC(=O)COc3ccc(C(C)(C)C)cc3)cc2)no1. The van der Waals surface area contributed by atoms with Gasteiger partial charge in [0.25, 0.3) is 15.9 Å². The molecule has 0 radical (unpaired) electrons. The minimum Gasteiger partial charge on any atom is -0.484 e. The summed E-state index contributed by atoms with van der Waals surface area (Å²) in [7, 11) is -3.82. The summed E-state index contributed by atoms with van der Waals surface area (Å²) in [6, 6.07) is 14.9. The molecule has 0 unspecified atom stereocenters. The zero-order valence-corrected chi connectivity index (χ0v) is 18.6. The van der Waals surface area contributed by atoms with Crippen molar-refractivity contribution in [2.45, 2.75) is 38.0 Å². The maximum absolute atomic E-state index is 12.4. The third-order valence-electron chi connectivity index (χ3n) is 4.41. The molecule has 0 saturated heterocycles. The van der Waals surface area contributed by atoms with Crippen molar-refractivity contribution in [1.29, 1.82) is 0 Å². The van der Waals surface area contributed by atoms with Crippen molar-refractivity contribution >= 4 is 27.4 Å². The summed E-state index contributed by atoms with van der Waals surface area (Å²) in [6.45, 7) is 7.86. The topological polar surface area (TPSA) is 111 Å². The Balaban J connectivity index is 1.55. The van der Waals surface area contributed by atoms with Crippen molar-refractivity contribution in [3.05, 3.63) is 65.9 Å². The van der Waals surface area contributed by atoms with Crippen molar-refractivity contribution < 1.29 is 22.5 Å². The molecule has 0 spiro atoms. The standard InChI is InChI=1S/C22H25N3O5S/c1-15-13-20(24-30-15)25-31(27,28)19-11-7-17(8-12-19)23-21(26)14-29-18-9-5-16(6-10-18)22(2,3)4/h5-13H,14H2,1-4H3,(H,23,26)(H,24,25). The van der Waals surface area contributed by atoms with Gasteiger partial charge in [-0.3, -0.25) is 9.52 Å².